The molecule has 1 aliphatic carbocycles. The Kier molecular flexibility index (Phi) is 4.79. The molecular formula is C14H20BrNO2. The first-order valence-corrected chi connectivity index (χ1v) is 6.72. The predicted octanol–water partition coefficient (Wildman–Crippen LogP) is 4.27. The number of hydrogen-bond acceptors (Lipinski definition) is 2. The molecule has 1 atom stereocenters. The zero-order valence-electron chi connectivity index (χ0n) is 11.3. The minimum Gasteiger partial charge on any atom is -0.444 e. The topological polar surface area (TPSA) is 38.3 Å². The van der Waals surface area contributed by atoms with Crippen LogP contribution in [0.4, 0.5) is 4.79 Å². The number of hydrogen-bond donors (Lipinski definition) is 1. The molecule has 0 aromatic heterocycles. The molecule has 0 saturated carbocycles. The fourth-order valence-electron chi connectivity index (χ4n) is 1.54. The van der Waals surface area contributed by atoms with Gasteiger partial charge in [0.1, 0.15) is 5.60 Å². The van der Waals surface area contributed by atoms with Crippen LogP contribution in [0.1, 0.15) is 34.1 Å². The molecular weight excluding hydrogens is 294 g/mol. The Bertz CT molecular complexity index is 416. The van der Waals surface area contributed by atoms with Gasteiger partial charge in [-0.05, 0) is 31.3 Å². The highest BCUT2D eigenvalue weighted by Crippen LogP contribution is 2.29. The lowest BCUT2D eigenvalue weighted by molar-refractivity contribution is 0.0542. The Hall–Kier alpha value is -1.03. The molecule has 4 heteroatoms. The molecule has 0 heterocycles. The second kappa shape index (κ2) is 5.74. The molecule has 0 bridgehead atoms. The van der Waals surface area contributed by atoms with E-state index in [4.69, 9.17) is 4.74 Å². The minimum atomic E-state index is -0.494. The van der Waals surface area contributed by atoms with Gasteiger partial charge in [-0.15, -0.1) is 0 Å². The molecule has 1 aliphatic rings. The van der Waals surface area contributed by atoms with Crippen LogP contribution in [0, 0.1) is 5.92 Å². The maximum atomic E-state index is 11.7. The molecule has 1 amide bonds. The van der Waals surface area contributed by atoms with Crippen LogP contribution in [0.3, 0.4) is 0 Å². The maximum Gasteiger partial charge on any atom is 0.411 e. The molecule has 0 radical (unpaired) electrons. The van der Waals surface area contributed by atoms with Crippen molar-refractivity contribution in [3.05, 3.63) is 34.5 Å². The Morgan fingerprint density at radius 1 is 1.50 bits per heavy atom. The smallest absolute Gasteiger partial charge is 0.411 e. The molecule has 0 fully saturated rings. The van der Waals surface area contributed by atoms with Gasteiger partial charge in [0.2, 0.25) is 0 Å². The van der Waals surface area contributed by atoms with Gasteiger partial charge in [-0.3, -0.25) is 5.32 Å². The summed E-state index contributed by atoms with van der Waals surface area (Å²) in [4.78, 5) is 11.7. The van der Waals surface area contributed by atoms with Crippen LogP contribution in [-0.4, -0.2) is 11.7 Å². The van der Waals surface area contributed by atoms with Crippen molar-refractivity contribution < 1.29 is 9.53 Å². The van der Waals surface area contributed by atoms with E-state index in [1.165, 1.54) is 0 Å². The van der Waals surface area contributed by atoms with Crippen molar-refractivity contribution >= 4 is 22.0 Å². The fourth-order valence-corrected chi connectivity index (χ4v) is 2.04. The van der Waals surface area contributed by atoms with Gasteiger partial charge in [0.05, 0.1) is 0 Å². The second-order valence-corrected chi connectivity index (χ2v) is 6.44. The third-order valence-electron chi connectivity index (χ3n) is 2.56. The van der Waals surface area contributed by atoms with E-state index in [-0.39, 0.29) is 5.92 Å². The third kappa shape index (κ3) is 4.69. The molecule has 0 aromatic carbocycles. The Labute approximate surface area is 117 Å². The highest BCUT2D eigenvalue weighted by atomic mass is 79.9. The summed E-state index contributed by atoms with van der Waals surface area (Å²) in [6.45, 7) is 11.6. The summed E-state index contributed by atoms with van der Waals surface area (Å²) in [5, 5.41) is 2.79. The van der Waals surface area contributed by atoms with Crippen LogP contribution in [-0.2, 0) is 4.74 Å². The number of nitrogens with one attached hydrogen (secondary N) is 1. The molecule has 0 aromatic rings. The third-order valence-corrected chi connectivity index (χ3v) is 3.11. The summed E-state index contributed by atoms with van der Waals surface area (Å²) in [6, 6.07) is 0. The highest BCUT2D eigenvalue weighted by Gasteiger charge is 2.21. The Morgan fingerprint density at radius 3 is 2.67 bits per heavy atom. The van der Waals surface area contributed by atoms with Crippen LogP contribution < -0.4 is 5.32 Å². The van der Waals surface area contributed by atoms with Crippen molar-refractivity contribution in [2.75, 3.05) is 0 Å². The summed E-state index contributed by atoms with van der Waals surface area (Å²) in [6.07, 6.45) is 4.18. The molecule has 1 N–H and O–H groups in total. The molecule has 1 unspecified atom stereocenters. The molecule has 0 saturated heterocycles. The van der Waals surface area contributed by atoms with Gasteiger partial charge in [-0.2, -0.15) is 0 Å². The van der Waals surface area contributed by atoms with Crippen molar-refractivity contribution in [2.45, 2.75) is 39.7 Å². The second-order valence-electron chi connectivity index (χ2n) is 5.42. The van der Waals surface area contributed by atoms with E-state index in [0.717, 1.165) is 22.2 Å². The van der Waals surface area contributed by atoms with E-state index < -0.39 is 11.7 Å². The number of carbonyl (C=O) groups excluding carboxylic acids is 1. The van der Waals surface area contributed by atoms with Gasteiger partial charge in [0.25, 0.3) is 0 Å². The van der Waals surface area contributed by atoms with E-state index in [1.54, 1.807) is 0 Å². The standard InChI is InChI=1S/C14H20BrNO2/c1-9-8-11(15)6-7-12(10(9)2)16-13(17)18-14(3,4)5/h6-7,10H,1,8H2,2-5H3,(H,16,17). The summed E-state index contributed by atoms with van der Waals surface area (Å²) in [5.74, 6) is 0.101. The van der Waals surface area contributed by atoms with Crippen molar-refractivity contribution in [3.8, 4) is 0 Å². The Morgan fingerprint density at radius 2 is 2.11 bits per heavy atom. The first-order valence-electron chi connectivity index (χ1n) is 5.93. The van der Waals surface area contributed by atoms with Crippen molar-refractivity contribution in [3.63, 3.8) is 0 Å². The van der Waals surface area contributed by atoms with Gasteiger partial charge in [0, 0.05) is 18.0 Å². The lowest BCUT2D eigenvalue weighted by Gasteiger charge is -2.22. The predicted molar refractivity (Wildman–Crippen MR) is 77.4 cm³/mol. The van der Waals surface area contributed by atoms with Crippen LogP contribution in [0.25, 0.3) is 0 Å². The number of amides is 1. The van der Waals surface area contributed by atoms with Crippen LogP contribution in [0.15, 0.2) is 34.5 Å². The molecule has 18 heavy (non-hydrogen) atoms. The zero-order valence-corrected chi connectivity index (χ0v) is 12.9. The average molecular weight is 314 g/mol. The van der Waals surface area contributed by atoms with Gasteiger partial charge in [-0.25, -0.2) is 4.79 Å². The molecule has 3 nitrogen and oxygen atoms in total. The first-order chi connectivity index (χ1) is 8.19. The fraction of sp³-hybridized carbons (Fsp3) is 0.500. The van der Waals surface area contributed by atoms with Gasteiger partial charge >= 0.3 is 6.09 Å². The monoisotopic (exact) mass is 313 g/mol. The minimum absolute atomic E-state index is 0.101. The number of ether oxygens (including phenoxy) is 1. The van der Waals surface area contributed by atoms with E-state index >= 15 is 0 Å². The number of carbonyl (C=O) groups is 1. The van der Waals surface area contributed by atoms with E-state index in [0.29, 0.717) is 0 Å². The molecule has 1 rings (SSSR count). The molecule has 100 valence electrons. The van der Waals surface area contributed by atoms with Crippen molar-refractivity contribution in [2.24, 2.45) is 5.92 Å². The van der Waals surface area contributed by atoms with Gasteiger partial charge < -0.3 is 4.74 Å². The number of rotatable bonds is 1. The van der Waals surface area contributed by atoms with Crippen LogP contribution >= 0.6 is 15.9 Å². The largest absolute Gasteiger partial charge is 0.444 e. The van der Waals surface area contributed by atoms with Crippen LogP contribution in [0.5, 0.6) is 0 Å². The van der Waals surface area contributed by atoms with Crippen LogP contribution in [0.2, 0.25) is 0 Å². The summed E-state index contributed by atoms with van der Waals surface area (Å²) >= 11 is 3.46. The van der Waals surface area contributed by atoms with E-state index in [9.17, 15) is 4.79 Å². The summed E-state index contributed by atoms with van der Waals surface area (Å²) < 4.78 is 6.29. The first kappa shape index (κ1) is 15.0. The SMILES string of the molecule is C=C1CC(Br)=CC=C(NC(=O)OC(C)(C)C)C1C. The Balaban J connectivity index is 2.76. The maximum absolute atomic E-state index is 11.7. The number of halogens is 1. The molecule has 0 aliphatic heterocycles. The normalized spacial score (nSPS) is 20.7. The molecule has 0 spiro atoms. The number of allylic oxidation sites excluding steroid dienone is 4. The highest BCUT2D eigenvalue weighted by molar-refractivity contribution is 9.11. The van der Waals surface area contributed by atoms with E-state index in [1.807, 2.05) is 39.8 Å². The van der Waals surface area contributed by atoms with E-state index in [2.05, 4.69) is 27.8 Å². The van der Waals surface area contributed by atoms with Gasteiger partial charge in [-0.1, -0.05) is 41.1 Å². The average Bonchev–Trinajstić information content (AvgIpc) is 2.29. The lowest BCUT2D eigenvalue weighted by Crippen LogP contribution is -2.33. The number of alkyl carbamates (subject to hydrolysis) is 1. The summed E-state index contributed by atoms with van der Waals surface area (Å²) in [7, 11) is 0. The summed E-state index contributed by atoms with van der Waals surface area (Å²) in [5.41, 5.74) is 1.37. The zero-order chi connectivity index (χ0) is 13.9. The lowest BCUT2D eigenvalue weighted by atomic mass is 9.98. The van der Waals surface area contributed by atoms with Crippen molar-refractivity contribution in [1.82, 2.24) is 5.32 Å². The van der Waals surface area contributed by atoms with Gasteiger partial charge in [0.15, 0.2) is 0 Å². The van der Waals surface area contributed by atoms with Crippen molar-refractivity contribution in [1.29, 1.82) is 0 Å². The quantitative estimate of drug-likeness (QED) is 0.734.